The van der Waals surface area contributed by atoms with Crippen LogP contribution in [-0.4, -0.2) is 16.7 Å². The topological polar surface area (TPSA) is 61.6 Å². The highest BCUT2D eigenvalue weighted by molar-refractivity contribution is 5.93. The molecule has 0 atom stereocenters. The van der Waals surface area contributed by atoms with Crippen molar-refractivity contribution in [2.75, 3.05) is 11.9 Å². The van der Waals surface area contributed by atoms with E-state index in [1.165, 1.54) is 5.56 Å². The number of aryl methyl sites for hydroxylation is 1. The normalized spacial score (nSPS) is 10.4. The highest BCUT2D eigenvalue weighted by atomic mass is 15.1. The first-order chi connectivity index (χ1) is 10.8. The second-order valence-electron chi connectivity index (χ2n) is 5.22. The van der Waals surface area contributed by atoms with Gasteiger partial charge in [0.05, 0.1) is 11.2 Å². The molecule has 1 heterocycles. The van der Waals surface area contributed by atoms with E-state index in [0.717, 1.165) is 35.1 Å². The smallest absolute Gasteiger partial charge is 0.186 e. The first kappa shape index (κ1) is 14.0. The van der Waals surface area contributed by atoms with Gasteiger partial charge in [-0.2, -0.15) is 5.26 Å². The molecule has 0 saturated heterocycles. The molecule has 3 aromatic rings. The number of benzene rings is 2. The van der Waals surface area contributed by atoms with Gasteiger partial charge in [0.15, 0.2) is 5.69 Å². The summed E-state index contributed by atoms with van der Waals surface area (Å²) in [5, 5.41) is 21.7. The lowest BCUT2D eigenvalue weighted by atomic mass is 10.1. The number of nitrogens with one attached hydrogen (secondary N) is 1. The van der Waals surface area contributed by atoms with Crippen molar-refractivity contribution in [1.29, 1.82) is 5.26 Å². The van der Waals surface area contributed by atoms with Crippen molar-refractivity contribution in [2.24, 2.45) is 0 Å². The highest BCUT2D eigenvalue weighted by Gasteiger charge is 2.10. The third-order valence-electron chi connectivity index (χ3n) is 3.58. The lowest BCUT2D eigenvalue weighted by Crippen LogP contribution is -2.08. The second-order valence-corrected chi connectivity index (χ2v) is 5.22. The molecular formula is C18H16N4. The van der Waals surface area contributed by atoms with Gasteiger partial charge in [0.1, 0.15) is 6.07 Å². The van der Waals surface area contributed by atoms with Gasteiger partial charge in [-0.05, 0) is 31.0 Å². The Morgan fingerprint density at radius 3 is 2.68 bits per heavy atom. The zero-order valence-corrected chi connectivity index (χ0v) is 12.4. The van der Waals surface area contributed by atoms with Crippen LogP contribution in [0.15, 0.2) is 48.5 Å². The summed E-state index contributed by atoms with van der Waals surface area (Å²) < 4.78 is 0. The van der Waals surface area contributed by atoms with Gasteiger partial charge in [-0.3, -0.25) is 0 Å². The molecule has 0 bridgehead atoms. The maximum atomic E-state index is 9.27. The van der Waals surface area contributed by atoms with Crippen molar-refractivity contribution in [2.45, 2.75) is 13.3 Å². The number of rotatable bonds is 4. The maximum Gasteiger partial charge on any atom is 0.186 e. The summed E-state index contributed by atoms with van der Waals surface area (Å²) in [6, 6.07) is 18.3. The summed E-state index contributed by atoms with van der Waals surface area (Å²) in [6.07, 6.45) is 0.890. The maximum absolute atomic E-state index is 9.27. The van der Waals surface area contributed by atoms with Crippen LogP contribution in [-0.2, 0) is 6.42 Å². The van der Waals surface area contributed by atoms with E-state index in [2.05, 4.69) is 33.7 Å². The van der Waals surface area contributed by atoms with E-state index in [9.17, 15) is 5.26 Å². The summed E-state index contributed by atoms with van der Waals surface area (Å²) in [7, 11) is 0. The van der Waals surface area contributed by atoms with E-state index in [4.69, 9.17) is 0 Å². The van der Waals surface area contributed by atoms with Crippen LogP contribution in [0.5, 0.6) is 0 Å². The van der Waals surface area contributed by atoms with E-state index in [0.29, 0.717) is 5.69 Å². The Morgan fingerprint density at radius 2 is 1.91 bits per heavy atom. The average Bonchev–Trinajstić information content (AvgIpc) is 2.56. The molecule has 2 aromatic carbocycles. The average molecular weight is 288 g/mol. The van der Waals surface area contributed by atoms with Gasteiger partial charge in [0, 0.05) is 11.9 Å². The minimum absolute atomic E-state index is 0.339. The molecule has 0 aliphatic carbocycles. The van der Waals surface area contributed by atoms with E-state index in [1.807, 2.05) is 43.3 Å². The lowest BCUT2D eigenvalue weighted by Gasteiger charge is -2.11. The van der Waals surface area contributed by atoms with E-state index in [1.54, 1.807) is 0 Å². The molecule has 0 amide bonds. The minimum Gasteiger partial charge on any atom is -0.382 e. The van der Waals surface area contributed by atoms with Gasteiger partial charge in [-0.1, -0.05) is 42.0 Å². The van der Waals surface area contributed by atoms with Crippen LogP contribution >= 0.6 is 0 Å². The largest absolute Gasteiger partial charge is 0.382 e. The Bertz CT molecular complexity index is 835. The Balaban J connectivity index is 1.88. The highest BCUT2D eigenvalue weighted by Crippen LogP contribution is 2.25. The molecule has 0 aliphatic heterocycles. The van der Waals surface area contributed by atoms with Crippen molar-refractivity contribution in [3.8, 4) is 6.07 Å². The number of nitriles is 1. The van der Waals surface area contributed by atoms with Gasteiger partial charge in [-0.25, -0.2) is 0 Å². The predicted molar refractivity (Wildman–Crippen MR) is 87.6 cm³/mol. The lowest BCUT2D eigenvalue weighted by molar-refractivity contribution is 1.000. The van der Waals surface area contributed by atoms with Crippen LogP contribution < -0.4 is 5.32 Å². The van der Waals surface area contributed by atoms with Crippen LogP contribution in [0.3, 0.4) is 0 Å². The molecule has 1 N–H and O–H groups in total. The molecular weight excluding hydrogens is 272 g/mol. The quantitative estimate of drug-likeness (QED) is 0.798. The molecule has 0 saturated carbocycles. The van der Waals surface area contributed by atoms with Crippen LogP contribution in [0.2, 0.25) is 0 Å². The Labute approximate surface area is 129 Å². The van der Waals surface area contributed by atoms with E-state index >= 15 is 0 Å². The van der Waals surface area contributed by atoms with E-state index in [-0.39, 0.29) is 0 Å². The fraction of sp³-hybridized carbons (Fsp3) is 0.167. The Morgan fingerprint density at radius 1 is 1.09 bits per heavy atom. The van der Waals surface area contributed by atoms with Gasteiger partial charge in [-0.15, -0.1) is 10.2 Å². The van der Waals surface area contributed by atoms with Crippen molar-refractivity contribution >= 4 is 16.6 Å². The number of anilines is 1. The standard InChI is InChI=1S/C18H16N4/c1-13-7-8-16-15(11-13)18(17(12-19)22-21-16)20-10-9-14-5-3-2-4-6-14/h2-8,11H,9-10H2,1H3,(H,20,21). The van der Waals surface area contributed by atoms with Crippen LogP contribution in [0.4, 0.5) is 5.69 Å². The molecule has 108 valence electrons. The second kappa shape index (κ2) is 6.23. The van der Waals surface area contributed by atoms with Crippen LogP contribution in [0.25, 0.3) is 10.9 Å². The van der Waals surface area contributed by atoms with Crippen molar-refractivity contribution in [3.63, 3.8) is 0 Å². The first-order valence-corrected chi connectivity index (χ1v) is 7.23. The summed E-state index contributed by atoms with van der Waals surface area (Å²) >= 11 is 0. The first-order valence-electron chi connectivity index (χ1n) is 7.23. The molecule has 0 unspecified atom stereocenters. The number of hydrogen-bond donors (Lipinski definition) is 1. The molecule has 0 fully saturated rings. The zero-order chi connectivity index (χ0) is 15.4. The predicted octanol–water partition coefficient (Wildman–Crippen LogP) is 3.46. The van der Waals surface area contributed by atoms with Crippen molar-refractivity contribution in [1.82, 2.24) is 10.2 Å². The number of aromatic nitrogens is 2. The Kier molecular flexibility index (Phi) is 3.97. The van der Waals surface area contributed by atoms with Crippen LogP contribution in [0, 0.1) is 18.3 Å². The minimum atomic E-state index is 0.339. The summed E-state index contributed by atoms with van der Waals surface area (Å²) in [4.78, 5) is 0. The third kappa shape index (κ3) is 2.89. The molecule has 0 radical (unpaired) electrons. The zero-order valence-electron chi connectivity index (χ0n) is 12.4. The molecule has 4 heteroatoms. The fourth-order valence-electron chi connectivity index (χ4n) is 2.45. The SMILES string of the molecule is Cc1ccc2nnc(C#N)c(NCCc3ccccc3)c2c1. The molecule has 0 aliphatic rings. The van der Waals surface area contributed by atoms with Crippen molar-refractivity contribution in [3.05, 3.63) is 65.4 Å². The summed E-state index contributed by atoms with van der Waals surface area (Å²) in [5.41, 5.74) is 4.30. The number of fused-ring (bicyclic) bond motifs is 1. The van der Waals surface area contributed by atoms with Crippen molar-refractivity contribution < 1.29 is 0 Å². The molecule has 22 heavy (non-hydrogen) atoms. The van der Waals surface area contributed by atoms with Crippen LogP contribution in [0.1, 0.15) is 16.8 Å². The Hall–Kier alpha value is -2.93. The van der Waals surface area contributed by atoms with Gasteiger partial charge in [0.2, 0.25) is 0 Å². The van der Waals surface area contributed by atoms with Gasteiger partial charge >= 0.3 is 0 Å². The fourth-order valence-corrected chi connectivity index (χ4v) is 2.45. The van der Waals surface area contributed by atoms with E-state index < -0.39 is 0 Å². The summed E-state index contributed by atoms with van der Waals surface area (Å²) in [5.74, 6) is 0. The molecule has 3 rings (SSSR count). The number of nitrogens with zero attached hydrogens (tertiary/aromatic N) is 3. The summed E-state index contributed by atoms with van der Waals surface area (Å²) in [6.45, 7) is 2.77. The molecule has 0 spiro atoms. The van der Waals surface area contributed by atoms with Gasteiger partial charge in [0.25, 0.3) is 0 Å². The van der Waals surface area contributed by atoms with Gasteiger partial charge < -0.3 is 5.32 Å². The molecule has 1 aromatic heterocycles. The monoisotopic (exact) mass is 288 g/mol. The number of hydrogen-bond acceptors (Lipinski definition) is 4. The third-order valence-corrected chi connectivity index (χ3v) is 3.58. The molecule has 4 nitrogen and oxygen atoms in total.